The van der Waals surface area contributed by atoms with Crippen LogP contribution in [0.1, 0.15) is 18.4 Å². The molecular formula is C50H33NS. The standard InChI is InChI=1S/C50H33NS/c1-3-19-40-35(13-1)15-10-23-41(40)38-18-9-17-37(33-38)34-29-31-39(32-30-34)51(46-26-11-16-36-14-2-4-20-42(36)46)47-25-7-5-21-43(47)44-24-12-28-49-50(44)45-22-6-8-27-48(45)52-49/h1-11,13-23,25-29,31,33H,30,32H2. The molecule has 52 heavy (non-hydrogen) atoms. The van der Waals surface area contributed by atoms with Crippen LogP contribution in [0.2, 0.25) is 0 Å². The molecule has 9 aromatic rings. The number of thiophene rings is 1. The van der Waals surface area contributed by atoms with E-state index in [1.807, 2.05) is 11.3 Å². The number of anilines is 2. The van der Waals surface area contributed by atoms with Gasteiger partial charge in [0.1, 0.15) is 0 Å². The molecule has 1 aromatic heterocycles. The fourth-order valence-corrected chi connectivity index (χ4v) is 9.10. The second-order valence-corrected chi connectivity index (χ2v) is 14.5. The molecule has 0 atom stereocenters. The van der Waals surface area contributed by atoms with Crippen LogP contribution in [0, 0.1) is 12.1 Å². The molecule has 0 N–H and O–H groups in total. The van der Waals surface area contributed by atoms with Crippen molar-refractivity contribution in [2.24, 2.45) is 0 Å². The first-order valence-corrected chi connectivity index (χ1v) is 18.7. The summed E-state index contributed by atoms with van der Waals surface area (Å²) in [6.07, 6.45) is 6.54. The fraction of sp³-hybridized carbons (Fsp3) is 0.0400. The summed E-state index contributed by atoms with van der Waals surface area (Å²) in [6, 6.07) is 66.3. The number of nitrogens with zero attached hydrogens (tertiary/aromatic N) is 1. The van der Waals surface area contributed by atoms with Gasteiger partial charge in [0.05, 0.1) is 11.4 Å². The number of para-hydroxylation sites is 1. The Morgan fingerprint density at radius 1 is 0.500 bits per heavy atom. The Labute approximate surface area is 308 Å². The Hall–Kier alpha value is -6.40. The first-order valence-electron chi connectivity index (χ1n) is 17.9. The monoisotopic (exact) mass is 679 g/mol. The van der Waals surface area contributed by atoms with Crippen molar-refractivity contribution in [1.29, 1.82) is 0 Å². The Morgan fingerprint density at radius 3 is 2.02 bits per heavy atom. The number of benzene rings is 7. The van der Waals surface area contributed by atoms with Gasteiger partial charge in [0, 0.05) is 48.4 Å². The summed E-state index contributed by atoms with van der Waals surface area (Å²) in [7, 11) is 0. The average molecular weight is 680 g/mol. The normalized spacial score (nSPS) is 12.9. The quantitative estimate of drug-likeness (QED) is 0.169. The molecule has 0 saturated heterocycles. The molecule has 0 unspecified atom stereocenters. The first kappa shape index (κ1) is 30.4. The molecule has 8 aromatic carbocycles. The van der Waals surface area contributed by atoms with Crippen LogP contribution < -0.4 is 4.90 Å². The second kappa shape index (κ2) is 12.7. The van der Waals surface area contributed by atoms with Gasteiger partial charge in [0.15, 0.2) is 0 Å². The number of hydrogen-bond donors (Lipinski definition) is 0. The highest BCUT2D eigenvalue weighted by Gasteiger charge is 2.24. The van der Waals surface area contributed by atoms with Gasteiger partial charge in [-0.05, 0) is 81.6 Å². The van der Waals surface area contributed by atoms with Crippen LogP contribution in [-0.2, 0) is 0 Å². The lowest BCUT2D eigenvalue weighted by Gasteiger charge is -2.32. The summed E-state index contributed by atoms with van der Waals surface area (Å²) >= 11 is 1.83. The molecule has 0 fully saturated rings. The number of rotatable bonds is 6. The van der Waals surface area contributed by atoms with Gasteiger partial charge in [-0.25, -0.2) is 0 Å². The van der Waals surface area contributed by atoms with Gasteiger partial charge in [-0.2, -0.15) is 0 Å². The largest absolute Gasteiger partial charge is 0.313 e. The van der Waals surface area contributed by atoms with E-state index in [1.165, 1.54) is 75.4 Å². The molecule has 1 heterocycles. The van der Waals surface area contributed by atoms with E-state index in [2.05, 4.69) is 193 Å². The lowest BCUT2D eigenvalue weighted by Crippen LogP contribution is -2.19. The predicted octanol–water partition coefficient (Wildman–Crippen LogP) is 14.2. The lowest BCUT2D eigenvalue weighted by molar-refractivity contribution is 0.932. The van der Waals surface area contributed by atoms with Crippen molar-refractivity contribution in [3.63, 3.8) is 0 Å². The third-order valence-electron chi connectivity index (χ3n) is 10.4. The number of fused-ring (bicyclic) bond motifs is 5. The first-order chi connectivity index (χ1) is 25.8. The molecule has 10 rings (SSSR count). The van der Waals surface area contributed by atoms with Gasteiger partial charge in [-0.3, -0.25) is 0 Å². The highest BCUT2D eigenvalue weighted by atomic mass is 32.1. The molecule has 0 spiro atoms. The maximum absolute atomic E-state index is 3.57. The van der Waals surface area contributed by atoms with Gasteiger partial charge in [-0.1, -0.05) is 152 Å². The molecule has 1 aliphatic rings. The Balaban J connectivity index is 1.13. The SMILES string of the molecule is c1cc2sc3ccccc3c2c(-c2ccccc2N(C2=CC=C(c3cccc(-c4cccc5ccccc45)c3)CC2)c2cccc3ccccc23)c#1. The second-order valence-electron chi connectivity index (χ2n) is 13.4. The van der Waals surface area contributed by atoms with Crippen molar-refractivity contribution >= 4 is 70.0 Å². The summed E-state index contributed by atoms with van der Waals surface area (Å²) in [5.74, 6) is 0. The van der Waals surface area contributed by atoms with E-state index in [0.29, 0.717) is 0 Å². The van der Waals surface area contributed by atoms with Crippen molar-refractivity contribution in [3.05, 3.63) is 199 Å². The Bertz CT molecular complexity index is 2860. The molecule has 1 aliphatic carbocycles. The highest BCUT2D eigenvalue weighted by Crippen LogP contribution is 2.46. The van der Waals surface area contributed by atoms with Gasteiger partial charge < -0.3 is 4.90 Å². The molecule has 0 aliphatic heterocycles. The Morgan fingerprint density at radius 2 is 1.15 bits per heavy atom. The zero-order valence-electron chi connectivity index (χ0n) is 28.5. The molecule has 0 bridgehead atoms. The van der Waals surface area contributed by atoms with E-state index in [1.54, 1.807) is 0 Å². The van der Waals surface area contributed by atoms with Crippen molar-refractivity contribution < 1.29 is 0 Å². The maximum Gasteiger partial charge on any atom is 0.0543 e. The minimum Gasteiger partial charge on any atom is -0.313 e. The predicted molar refractivity (Wildman–Crippen MR) is 223 cm³/mol. The summed E-state index contributed by atoms with van der Waals surface area (Å²) in [5, 5.41) is 7.52. The van der Waals surface area contributed by atoms with Crippen LogP contribution in [0.4, 0.5) is 11.4 Å². The number of hydrogen-bond acceptors (Lipinski definition) is 2. The van der Waals surface area contributed by atoms with Crippen LogP contribution in [-0.4, -0.2) is 0 Å². The van der Waals surface area contributed by atoms with Crippen LogP contribution in [0.25, 0.3) is 69.5 Å². The van der Waals surface area contributed by atoms with Crippen molar-refractivity contribution in [2.45, 2.75) is 12.8 Å². The molecule has 244 valence electrons. The topological polar surface area (TPSA) is 3.24 Å². The molecule has 1 nitrogen and oxygen atoms in total. The van der Waals surface area contributed by atoms with E-state index in [-0.39, 0.29) is 0 Å². The van der Waals surface area contributed by atoms with Gasteiger partial charge in [-0.15, -0.1) is 11.3 Å². The minimum atomic E-state index is 0.906. The van der Waals surface area contributed by atoms with Crippen LogP contribution in [0.15, 0.2) is 182 Å². The van der Waals surface area contributed by atoms with E-state index in [4.69, 9.17) is 0 Å². The Kier molecular flexibility index (Phi) is 7.45. The molecule has 0 radical (unpaired) electrons. The zero-order chi connectivity index (χ0) is 34.4. The maximum atomic E-state index is 3.57. The van der Waals surface area contributed by atoms with Crippen LogP contribution in [0.3, 0.4) is 0 Å². The summed E-state index contributed by atoms with van der Waals surface area (Å²) < 4.78 is 2.52. The molecule has 0 amide bonds. The van der Waals surface area contributed by atoms with Crippen molar-refractivity contribution in [2.75, 3.05) is 4.90 Å². The van der Waals surface area contributed by atoms with Crippen LogP contribution >= 0.6 is 11.3 Å². The van der Waals surface area contributed by atoms with Crippen molar-refractivity contribution in [1.82, 2.24) is 0 Å². The smallest absolute Gasteiger partial charge is 0.0543 e. The summed E-state index contributed by atoms with van der Waals surface area (Å²) in [5.41, 5.74) is 11.0. The van der Waals surface area contributed by atoms with E-state index < -0.39 is 0 Å². The lowest BCUT2D eigenvalue weighted by atomic mass is 9.91. The minimum absolute atomic E-state index is 0.906. The van der Waals surface area contributed by atoms with E-state index in [9.17, 15) is 0 Å². The van der Waals surface area contributed by atoms with Crippen LogP contribution in [0.5, 0.6) is 0 Å². The third kappa shape index (κ3) is 5.18. The third-order valence-corrected chi connectivity index (χ3v) is 11.6. The van der Waals surface area contributed by atoms with Gasteiger partial charge >= 0.3 is 0 Å². The highest BCUT2D eigenvalue weighted by molar-refractivity contribution is 7.25. The van der Waals surface area contributed by atoms with Gasteiger partial charge in [0.25, 0.3) is 0 Å². The average Bonchev–Trinajstić information content (AvgIpc) is 3.61. The fourth-order valence-electron chi connectivity index (χ4n) is 8.00. The molecule has 0 saturated carbocycles. The van der Waals surface area contributed by atoms with Gasteiger partial charge in [0.2, 0.25) is 0 Å². The van der Waals surface area contributed by atoms with E-state index in [0.717, 1.165) is 29.7 Å². The zero-order valence-corrected chi connectivity index (χ0v) is 29.3. The molecular weight excluding hydrogens is 647 g/mol. The van der Waals surface area contributed by atoms with E-state index >= 15 is 0 Å². The molecule has 2 heteroatoms. The number of allylic oxidation sites excluding steroid dienone is 4. The summed E-state index contributed by atoms with van der Waals surface area (Å²) in [6.45, 7) is 0. The summed E-state index contributed by atoms with van der Waals surface area (Å²) in [4.78, 5) is 2.50. The van der Waals surface area contributed by atoms with Crippen molar-refractivity contribution in [3.8, 4) is 22.3 Å².